The predicted octanol–water partition coefficient (Wildman–Crippen LogP) is 4.25. The minimum Gasteiger partial charge on any atom is -0.434 e. The van der Waals surface area contributed by atoms with E-state index in [0.717, 1.165) is 18.3 Å². The molecule has 0 saturated carbocycles. The van der Waals surface area contributed by atoms with Crippen LogP contribution in [0.15, 0.2) is 42.7 Å². The molecule has 0 radical (unpaired) electrons. The molecule has 0 bridgehead atoms. The highest BCUT2D eigenvalue weighted by Crippen LogP contribution is 2.38. The fraction of sp³-hybridized carbons (Fsp3) is 0.154. The van der Waals surface area contributed by atoms with Gasteiger partial charge in [-0.15, -0.1) is 13.2 Å². The van der Waals surface area contributed by atoms with Crippen molar-refractivity contribution in [2.45, 2.75) is 13.0 Å². The topological polar surface area (TPSA) is 31.4 Å². The van der Waals surface area contributed by atoms with Gasteiger partial charge in [0.25, 0.3) is 0 Å². The zero-order valence-electron chi connectivity index (χ0n) is 10.3. The number of benzene rings is 1. The number of halogens is 5. The van der Waals surface area contributed by atoms with Crippen LogP contribution in [0.2, 0.25) is 0 Å². The number of rotatable bonds is 4. The Balaban J connectivity index is 2.47. The molecule has 3 nitrogen and oxygen atoms in total. The van der Waals surface area contributed by atoms with E-state index in [4.69, 9.17) is 0 Å². The van der Waals surface area contributed by atoms with Crippen molar-refractivity contribution in [3.05, 3.63) is 42.7 Å². The zero-order chi connectivity index (χ0) is 15.5. The zero-order valence-corrected chi connectivity index (χ0v) is 10.3. The van der Waals surface area contributed by atoms with Crippen LogP contribution >= 0.6 is 0 Å². The molecule has 0 aliphatic heterocycles. The summed E-state index contributed by atoms with van der Waals surface area (Å²) in [7, 11) is 0. The van der Waals surface area contributed by atoms with E-state index < -0.39 is 18.7 Å². The number of aromatic nitrogens is 1. The van der Waals surface area contributed by atoms with Crippen molar-refractivity contribution < 1.29 is 31.4 Å². The van der Waals surface area contributed by atoms with Gasteiger partial charge in [0.1, 0.15) is 11.5 Å². The van der Waals surface area contributed by atoms with E-state index in [1.807, 2.05) is 0 Å². The molecular formula is C13H8F5NO2. The van der Waals surface area contributed by atoms with E-state index in [2.05, 4.69) is 14.5 Å². The Hall–Kier alpha value is -2.38. The van der Waals surface area contributed by atoms with E-state index in [1.165, 1.54) is 24.4 Å². The van der Waals surface area contributed by atoms with Crippen LogP contribution in [0.25, 0.3) is 11.1 Å². The summed E-state index contributed by atoms with van der Waals surface area (Å²) >= 11 is 0. The molecule has 0 aliphatic carbocycles. The van der Waals surface area contributed by atoms with Crippen LogP contribution in [0.5, 0.6) is 11.5 Å². The van der Waals surface area contributed by atoms with Crippen molar-refractivity contribution in [2.24, 2.45) is 0 Å². The van der Waals surface area contributed by atoms with Crippen LogP contribution in [0.4, 0.5) is 22.0 Å². The Morgan fingerprint density at radius 3 is 2.33 bits per heavy atom. The summed E-state index contributed by atoms with van der Waals surface area (Å²) in [6.07, 6.45) is -2.59. The SMILES string of the molecule is FC(F)Oc1ccncc1-c1ccccc1OC(F)(F)F. The van der Waals surface area contributed by atoms with Crippen molar-refractivity contribution >= 4 is 0 Å². The molecule has 0 fully saturated rings. The summed E-state index contributed by atoms with van der Waals surface area (Å²) in [5, 5.41) is 0. The molecule has 1 aromatic carbocycles. The van der Waals surface area contributed by atoms with Gasteiger partial charge < -0.3 is 9.47 Å². The molecule has 0 N–H and O–H groups in total. The first-order valence-corrected chi connectivity index (χ1v) is 5.61. The maximum atomic E-state index is 12.4. The molecule has 0 saturated heterocycles. The molecule has 0 amide bonds. The number of nitrogens with zero attached hydrogens (tertiary/aromatic N) is 1. The van der Waals surface area contributed by atoms with Gasteiger partial charge in [-0.25, -0.2) is 0 Å². The molecular weight excluding hydrogens is 297 g/mol. The second-order valence-electron chi connectivity index (χ2n) is 3.79. The number of hydrogen-bond acceptors (Lipinski definition) is 3. The normalized spacial score (nSPS) is 11.5. The summed E-state index contributed by atoms with van der Waals surface area (Å²) < 4.78 is 69.9. The molecule has 8 heteroatoms. The molecule has 2 rings (SSSR count). The minimum atomic E-state index is -4.90. The van der Waals surface area contributed by atoms with Gasteiger partial charge >= 0.3 is 13.0 Å². The quantitative estimate of drug-likeness (QED) is 0.791. The average Bonchev–Trinajstić information content (AvgIpc) is 2.38. The van der Waals surface area contributed by atoms with Gasteiger partial charge in [0.05, 0.1) is 0 Å². The van der Waals surface area contributed by atoms with Crippen molar-refractivity contribution in [1.82, 2.24) is 4.98 Å². The molecule has 0 unspecified atom stereocenters. The minimum absolute atomic E-state index is 0.0300. The van der Waals surface area contributed by atoms with Crippen molar-refractivity contribution in [3.63, 3.8) is 0 Å². The third kappa shape index (κ3) is 4.04. The van der Waals surface area contributed by atoms with E-state index in [0.29, 0.717) is 0 Å². The van der Waals surface area contributed by atoms with Crippen LogP contribution in [-0.2, 0) is 0 Å². The lowest BCUT2D eigenvalue weighted by Gasteiger charge is -2.15. The highest BCUT2D eigenvalue weighted by molar-refractivity contribution is 5.74. The number of ether oxygens (including phenoxy) is 2. The lowest BCUT2D eigenvalue weighted by atomic mass is 10.1. The fourth-order valence-corrected chi connectivity index (χ4v) is 1.69. The molecule has 0 atom stereocenters. The standard InChI is InChI=1S/C13H8F5NO2/c14-12(15)20-10-5-6-19-7-9(10)8-3-1-2-4-11(8)21-13(16,17)18/h1-7,12H. The van der Waals surface area contributed by atoms with Crippen molar-refractivity contribution in [2.75, 3.05) is 0 Å². The van der Waals surface area contributed by atoms with Gasteiger partial charge in [-0.3, -0.25) is 4.98 Å². The van der Waals surface area contributed by atoms with E-state index >= 15 is 0 Å². The smallest absolute Gasteiger partial charge is 0.434 e. The van der Waals surface area contributed by atoms with Crippen LogP contribution in [0, 0.1) is 0 Å². The summed E-state index contributed by atoms with van der Waals surface area (Å²) in [6, 6.07) is 6.26. The van der Waals surface area contributed by atoms with Gasteiger partial charge in [-0.1, -0.05) is 18.2 Å². The highest BCUT2D eigenvalue weighted by Gasteiger charge is 2.32. The van der Waals surface area contributed by atoms with E-state index in [1.54, 1.807) is 0 Å². The van der Waals surface area contributed by atoms with Gasteiger partial charge in [-0.2, -0.15) is 8.78 Å². The Morgan fingerprint density at radius 1 is 0.952 bits per heavy atom. The third-order valence-corrected chi connectivity index (χ3v) is 2.40. The average molecular weight is 305 g/mol. The summed E-state index contributed by atoms with van der Waals surface area (Å²) in [5.41, 5.74) is -0.0868. The van der Waals surface area contributed by atoms with Crippen LogP contribution in [0.3, 0.4) is 0 Å². The largest absolute Gasteiger partial charge is 0.573 e. The first-order valence-electron chi connectivity index (χ1n) is 5.61. The fourth-order valence-electron chi connectivity index (χ4n) is 1.69. The van der Waals surface area contributed by atoms with E-state index in [9.17, 15) is 22.0 Å². The number of hydrogen-bond donors (Lipinski definition) is 0. The first-order chi connectivity index (χ1) is 9.87. The van der Waals surface area contributed by atoms with Gasteiger partial charge in [-0.05, 0) is 12.1 Å². The Kier molecular flexibility index (Phi) is 4.25. The summed E-state index contributed by atoms with van der Waals surface area (Å²) in [4.78, 5) is 3.70. The Morgan fingerprint density at radius 2 is 1.67 bits per heavy atom. The van der Waals surface area contributed by atoms with Crippen LogP contribution in [0.1, 0.15) is 0 Å². The summed E-state index contributed by atoms with van der Waals surface area (Å²) in [5.74, 6) is -0.824. The second kappa shape index (κ2) is 5.94. The third-order valence-electron chi connectivity index (χ3n) is 2.40. The maximum Gasteiger partial charge on any atom is 0.573 e. The maximum absolute atomic E-state index is 12.4. The molecule has 1 heterocycles. The van der Waals surface area contributed by atoms with E-state index in [-0.39, 0.29) is 16.9 Å². The highest BCUT2D eigenvalue weighted by atomic mass is 19.4. The lowest BCUT2D eigenvalue weighted by Crippen LogP contribution is -2.17. The van der Waals surface area contributed by atoms with Crippen LogP contribution < -0.4 is 9.47 Å². The molecule has 21 heavy (non-hydrogen) atoms. The molecule has 1 aromatic heterocycles. The van der Waals surface area contributed by atoms with Crippen LogP contribution in [-0.4, -0.2) is 18.0 Å². The number of para-hydroxylation sites is 1. The number of alkyl halides is 5. The Labute approximate surface area is 115 Å². The lowest BCUT2D eigenvalue weighted by molar-refractivity contribution is -0.274. The molecule has 0 spiro atoms. The van der Waals surface area contributed by atoms with Gasteiger partial charge in [0.2, 0.25) is 0 Å². The summed E-state index contributed by atoms with van der Waals surface area (Å²) in [6.45, 7) is -3.11. The van der Waals surface area contributed by atoms with Crippen molar-refractivity contribution in [1.29, 1.82) is 0 Å². The predicted molar refractivity (Wildman–Crippen MR) is 63.0 cm³/mol. The van der Waals surface area contributed by atoms with Gasteiger partial charge in [0.15, 0.2) is 0 Å². The molecule has 2 aromatic rings. The monoisotopic (exact) mass is 305 g/mol. The van der Waals surface area contributed by atoms with Gasteiger partial charge in [0, 0.05) is 23.5 Å². The first kappa shape index (κ1) is 15.0. The second-order valence-corrected chi connectivity index (χ2v) is 3.79. The van der Waals surface area contributed by atoms with Crippen molar-refractivity contribution in [3.8, 4) is 22.6 Å². The Bertz CT molecular complexity index is 616. The molecule has 112 valence electrons. The number of pyridine rings is 1. The molecule has 0 aliphatic rings.